The van der Waals surface area contributed by atoms with Crippen molar-refractivity contribution >= 4 is 0 Å². The predicted molar refractivity (Wildman–Crippen MR) is 54.6 cm³/mol. The van der Waals surface area contributed by atoms with Crippen LogP contribution >= 0.6 is 0 Å². The maximum absolute atomic E-state index is 5.29. The van der Waals surface area contributed by atoms with Crippen molar-refractivity contribution < 1.29 is 0 Å². The van der Waals surface area contributed by atoms with Crippen molar-refractivity contribution in [1.29, 1.82) is 0 Å². The van der Waals surface area contributed by atoms with E-state index in [0.29, 0.717) is 18.0 Å². The van der Waals surface area contributed by atoms with E-state index in [1.807, 2.05) is 6.20 Å². The highest BCUT2D eigenvalue weighted by molar-refractivity contribution is 4.91. The van der Waals surface area contributed by atoms with E-state index in [0.717, 1.165) is 0 Å². The second-order valence-corrected chi connectivity index (χ2v) is 3.90. The molecule has 0 rings (SSSR count). The van der Waals surface area contributed by atoms with Gasteiger partial charge in [0.15, 0.2) is 0 Å². The zero-order valence-corrected chi connectivity index (χ0v) is 8.72. The minimum absolute atomic E-state index is 0.382. The second-order valence-electron chi connectivity index (χ2n) is 3.90. The summed E-state index contributed by atoms with van der Waals surface area (Å²) >= 11 is 0. The largest absolute Gasteiger partial charge is 0.379 e. The topological polar surface area (TPSA) is 38.0 Å². The first-order valence-corrected chi connectivity index (χ1v) is 4.64. The Balaban J connectivity index is 3.93. The van der Waals surface area contributed by atoms with E-state index in [1.165, 1.54) is 6.42 Å². The van der Waals surface area contributed by atoms with Gasteiger partial charge in [0, 0.05) is 0 Å². The Morgan fingerprint density at radius 3 is 2.50 bits per heavy atom. The molecule has 0 saturated heterocycles. The summed E-state index contributed by atoms with van der Waals surface area (Å²) in [5, 5.41) is 2.97. The number of hydrogen-bond acceptors (Lipinski definition) is 2. The van der Waals surface area contributed by atoms with Crippen LogP contribution in [0.5, 0.6) is 0 Å². The van der Waals surface area contributed by atoms with Gasteiger partial charge >= 0.3 is 0 Å². The molecule has 2 heteroatoms. The molecule has 3 N–H and O–H groups in total. The van der Waals surface area contributed by atoms with Gasteiger partial charge in [0.2, 0.25) is 0 Å². The van der Waals surface area contributed by atoms with E-state index in [9.17, 15) is 0 Å². The van der Waals surface area contributed by atoms with Gasteiger partial charge in [0.25, 0.3) is 0 Å². The quantitative estimate of drug-likeness (QED) is 0.620. The molecule has 0 amide bonds. The Morgan fingerprint density at radius 1 is 1.50 bits per heavy atom. The molecule has 0 aromatic rings. The predicted octanol–water partition coefficient (Wildman–Crippen LogP) is 2.08. The molecule has 0 bridgehead atoms. The van der Waals surface area contributed by atoms with E-state index in [-0.39, 0.29) is 0 Å². The fourth-order valence-electron chi connectivity index (χ4n) is 0.863. The molecule has 1 atom stereocenters. The lowest BCUT2D eigenvalue weighted by atomic mass is 9.78. The summed E-state index contributed by atoms with van der Waals surface area (Å²) in [5.41, 5.74) is 5.68. The van der Waals surface area contributed by atoms with Crippen LogP contribution in [0.25, 0.3) is 0 Å². The Kier molecular flexibility index (Phi) is 4.98. The number of allylic oxidation sites excluding steroid dienone is 1. The van der Waals surface area contributed by atoms with E-state index >= 15 is 0 Å². The lowest BCUT2D eigenvalue weighted by Crippen LogP contribution is -2.20. The molecule has 0 aromatic heterocycles. The highest BCUT2D eigenvalue weighted by atomic mass is 14.9. The number of nitrogens with two attached hydrogens (primary N) is 1. The third-order valence-corrected chi connectivity index (χ3v) is 2.76. The van der Waals surface area contributed by atoms with Gasteiger partial charge in [-0.3, -0.25) is 0 Å². The molecule has 0 aromatic carbocycles. The monoisotopic (exact) mass is 170 g/mol. The van der Waals surface area contributed by atoms with Gasteiger partial charge in [-0.1, -0.05) is 40.2 Å². The van der Waals surface area contributed by atoms with Crippen molar-refractivity contribution in [2.75, 3.05) is 6.67 Å². The first kappa shape index (κ1) is 11.5. The minimum atomic E-state index is 0.382. The summed E-state index contributed by atoms with van der Waals surface area (Å²) < 4.78 is 0. The van der Waals surface area contributed by atoms with E-state index < -0.39 is 0 Å². The van der Waals surface area contributed by atoms with Gasteiger partial charge in [0.05, 0.1) is 6.67 Å². The van der Waals surface area contributed by atoms with Crippen molar-refractivity contribution in [2.24, 2.45) is 17.1 Å². The number of rotatable bonds is 5. The van der Waals surface area contributed by atoms with Crippen LogP contribution in [0.4, 0.5) is 0 Å². The SMILES string of the molecule is CCC(C)(C)C(C)/C=C\NCN. The van der Waals surface area contributed by atoms with Crippen molar-refractivity contribution in [3.63, 3.8) is 0 Å². The van der Waals surface area contributed by atoms with Crippen LogP contribution in [0, 0.1) is 11.3 Å². The molecule has 0 radical (unpaired) electrons. The highest BCUT2D eigenvalue weighted by Gasteiger charge is 2.20. The zero-order chi connectivity index (χ0) is 9.61. The molecule has 2 nitrogen and oxygen atoms in total. The Hall–Kier alpha value is -0.500. The highest BCUT2D eigenvalue weighted by Crippen LogP contribution is 2.30. The van der Waals surface area contributed by atoms with Crippen molar-refractivity contribution in [3.8, 4) is 0 Å². The molecule has 72 valence electrons. The summed E-state index contributed by atoms with van der Waals surface area (Å²) in [5.74, 6) is 0.585. The number of hydrogen-bond donors (Lipinski definition) is 2. The molecule has 12 heavy (non-hydrogen) atoms. The minimum Gasteiger partial charge on any atom is -0.379 e. The van der Waals surface area contributed by atoms with Crippen LogP contribution in [-0.2, 0) is 0 Å². The standard InChI is InChI=1S/C10H22N2/c1-5-10(3,4)9(2)6-7-12-8-11/h6-7,9,12H,5,8,11H2,1-4H3/b7-6-. The van der Waals surface area contributed by atoms with Gasteiger partial charge in [-0.05, 0) is 17.5 Å². The lowest BCUT2D eigenvalue weighted by molar-refractivity contribution is 0.266. The molecule has 0 fully saturated rings. The molecular formula is C10H22N2. The molecule has 0 aliphatic rings. The third-order valence-electron chi connectivity index (χ3n) is 2.76. The second kappa shape index (κ2) is 5.20. The fraction of sp³-hybridized carbons (Fsp3) is 0.800. The average Bonchev–Trinajstić information content (AvgIpc) is 2.05. The fourth-order valence-corrected chi connectivity index (χ4v) is 0.863. The number of nitrogens with one attached hydrogen (secondary N) is 1. The summed E-state index contributed by atoms with van der Waals surface area (Å²) in [7, 11) is 0. The van der Waals surface area contributed by atoms with Crippen LogP contribution in [0.3, 0.4) is 0 Å². The van der Waals surface area contributed by atoms with Gasteiger partial charge in [-0.15, -0.1) is 0 Å². The Morgan fingerprint density at radius 2 is 2.08 bits per heavy atom. The third kappa shape index (κ3) is 3.77. The lowest BCUT2D eigenvalue weighted by Gasteiger charge is -2.28. The summed E-state index contributed by atoms with van der Waals surface area (Å²) in [6.07, 6.45) is 5.32. The van der Waals surface area contributed by atoms with Gasteiger partial charge in [-0.25, -0.2) is 0 Å². The molecular weight excluding hydrogens is 148 g/mol. The summed E-state index contributed by atoms with van der Waals surface area (Å²) in [6, 6.07) is 0. The van der Waals surface area contributed by atoms with Crippen molar-refractivity contribution in [2.45, 2.75) is 34.1 Å². The van der Waals surface area contributed by atoms with E-state index in [1.54, 1.807) is 0 Å². The van der Waals surface area contributed by atoms with Gasteiger partial charge in [-0.2, -0.15) is 0 Å². The average molecular weight is 170 g/mol. The molecule has 0 spiro atoms. The summed E-state index contributed by atoms with van der Waals surface area (Å²) in [4.78, 5) is 0. The summed E-state index contributed by atoms with van der Waals surface area (Å²) in [6.45, 7) is 9.53. The first-order chi connectivity index (χ1) is 5.54. The maximum atomic E-state index is 5.29. The zero-order valence-electron chi connectivity index (χ0n) is 8.72. The van der Waals surface area contributed by atoms with Crippen LogP contribution in [-0.4, -0.2) is 6.67 Å². The van der Waals surface area contributed by atoms with Crippen molar-refractivity contribution in [1.82, 2.24) is 5.32 Å². The van der Waals surface area contributed by atoms with Crippen LogP contribution < -0.4 is 11.1 Å². The molecule has 1 unspecified atom stereocenters. The van der Waals surface area contributed by atoms with E-state index in [4.69, 9.17) is 5.73 Å². The maximum Gasteiger partial charge on any atom is 0.0622 e. The molecule has 0 heterocycles. The molecule has 0 aliphatic heterocycles. The molecule has 0 saturated carbocycles. The van der Waals surface area contributed by atoms with Crippen LogP contribution in [0.1, 0.15) is 34.1 Å². The van der Waals surface area contributed by atoms with Crippen LogP contribution in [0.2, 0.25) is 0 Å². The van der Waals surface area contributed by atoms with Gasteiger partial charge < -0.3 is 11.1 Å². The smallest absolute Gasteiger partial charge is 0.0622 e. The normalized spacial score (nSPS) is 15.1. The van der Waals surface area contributed by atoms with Crippen molar-refractivity contribution in [3.05, 3.63) is 12.3 Å². The Labute approximate surface area is 76.2 Å². The molecule has 0 aliphatic carbocycles. The van der Waals surface area contributed by atoms with Gasteiger partial charge in [0.1, 0.15) is 0 Å². The van der Waals surface area contributed by atoms with Crippen LogP contribution in [0.15, 0.2) is 12.3 Å². The Bertz CT molecular complexity index is 139. The first-order valence-electron chi connectivity index (χ1n) is 4.64. The van der Waals surface area contributed by atoms with E-state index in [2.05, 4.69) is 39.1 Å².